The number of amides is 1. The average molecular weight is 399 g/mol. The fourth-order valence-corrected chi connectivity index (χ4v) is 5.19. The Morgan fingerprint density at radius 2 is 1.92 bits per heavy atom. The third kappa shape index (κ3) is 5.47. The van der Waals surface area contributed by atoms with Gasteiger partial charge >= 0.3 is 0 Å². The van der Waals surface area contributed by atoms with Crippen LogP contribution in [0.2, 0.25) is 0 Å². The Kier molecular flexibility index (Phi) is 7.55. The smallest absolute Gasteiger partial charge is 0.227 e. The SMILES string of the molecule is CC(C)S(=O)(=O)c1ccc(CC(=O)N2CCCSCC2CN(C)C)cc1. The lowest BCUT2D eigenvalue weighted by Gasteiger charge is -2.32. The molecule has 2 rings (SSSR count). The third-order valence-electron chi connectivity index (χ3n) is 4.56. The molecule has 5 nitrogen and oxygen atoms in total. The highest BCUT2D eigenvalue weighted by molar-refractivity contribution is 7.99. The van der Waals surface area contributed by atoms with Crippen LogP contribution in [0, 0.1) is 0 Å². The summed E-state index contributed by atoms with van der Waals surface area (Å²) in [4.78, 5) is 17.3. The van der Waals surface area contributed by atoms with Crippen LogP contribution in [-0.4, -0.2) is 74.1 Å². The van der Waals surface area contributed by atoms with Crippen molar-refractivity contribution in [1.82, 2.24) is 9.80 Å². The molecule has 0 aromatic heterocycles. The van der Waals surface area contributed by atoms with Gasteiger partial charge in [-0.25, -0.2) is 8.42 Å². The number of thioether (sulfide) groups is 1. The van der Waals surface area contributed by atoms with E-state index in [0.717, 1.165) is 36.6 Å². The van der Waals surface area contributed by atoms with Gasteiger partial charge in [0.1, 0.15) is 0 Å². The topological polar surface area (TPSA) is 57.7 Å². The van der Waals surface area contributed by atoms with E-state index >= 15 is 0 Å². The van der Waals surface area contributed by atoms with Crippen LogP contribution in [0.4, 0.5) is 0 Å². The third-order valence-corrected chi connectivity index (χ3v) is 7.93. The fraction of sp³-hybridized carbons (Fsp3) is 0.632. The lowest BCUT2D eigenvalue weighted by atomic mass is 10.1. The number of carbonyl (C=O) groups is 1. The largest absolute Gasteiger partial charge is 0.337 e. The van der Waals surface area contributed by atoms with Crippen LogP contribution in [0.1, 0.15) is 25.8 Å². The summed E-state index contributed by atoms with van der Waals surface area (Å²) in [6.07, 6.45) is 1.34. The molecule has 0 radical (unpaired) electrons. The van der Waals surface area contributed by atoms with Gasteiger partial charge in [0.2, 0.25) is 5.91 Å². The van der Waals surface area contributed by atoms with Gasteiger partial charge in [-0.15, -0.1) is 0 Å². The molecule has 0 saturated carbocycles. The van der Waals surface area contributed by atoms with E-state index in [0.29, 0.717) is 11.3 Å². The maximum Gasteiger partial charge on any atom is 0.227 e. The van der Waals surface area contributed by atoms with Crippen LogP contribution in [0.15, 0.2) is 29.2 Å². The molecule has 26 heavy (non-hydrogen) atoms. The quantitative estimate of drug-likeness (QED) is 0.736. The van der Waals surface area contributed by atoms with Crippen molar-refractivity contribution in [2.45, 2.75) is 42.9 Å². The van der Waals surface area contributed by atoms with Gasteiger partial charge in [0.25, 0.3) is 0 Å². The molecule has 0 aliphatic carbocycles. The first-order valence-corrected chi connectivity index (χ1v) is 11.8. The minimum Gasteiger partial charge on any atom is -0.337 e. The predicted octanol–water partition coefficient (Wildman–Crippen LogP) is 2.31. The molecular weight excluding hydrogens is 368 g/mol. The molecule has 1 aromatic carbocycles. The van der Waals surface area contributed by atoms with Gasteiger partial charge < -0.3 is 9.80 Å². The molecule has 1 aliphatic heterocycles. The molecule has 1 saturated heterocycles. The van der Waals surface area contributed by atoms with Crippen LogP contribution < -0.4 is 0 Å². The first kappa shape index (κ1) is 21.3. The van der Waals surface area contributed by atoms with Gasteiger partial charge in [-0.2, -0.15) is 11.8 Å². The second-order valence-corrected chi connectivity index (χ2v) is 11.0. The van der Waals surface area contributed by atoms with Crippen LogP contribution >= 0.6 is 11.8 Å². The zero-order chi connectivity index (χ0) is 19.3. The number of benzene rings is 1. The van der Waals surface area contributed by atoms with Crippen molar-refractivity contribution >= 4 is 27.5 Å². The minimum atomic E-state index is -3.27. The Balaban J connectivity index is 2.10. The Morgan fingerprint density at radius 3 is 2.50 bits per heavy atom. The molecule has 0 bridgehead atoms. The van der Waals surface area contributed by atoms with Gasteiger partial charge in [-0.05, 0) is 57.8 Å². The summed E-state index contributed by atoms with van der Waals surface area (Å²) >= 11 is 1.91. The van der Waals surface area contributed by atoms with Crippen molar-refractivity contribution in [3.63, 3.8) is 0 Å². The molecule has 1 unspecified atom stereocenters. The highest BCUT2D eigenvalue weighted by Crippen LogP contribution is 2.20. The van der Waals surface area contributed by atoms with E-state index in [1.165, 1.54) is 0 Å². The average Bonchev–Trinajstić information content (AvgIpc) is 2.80. The first-order chi connectivity index (χ1) is 12.2. The molecule has 1 aromatic rings. The monoisotopic (exact) mass is 398 g/mol. The van der Waals surface area contributed by atoms with Gasteiger partial charge in [0.05, 0.1) is 22.6 Å². The summed E-state index contributed by atoms with van der Waals surface area (Å²) < 4.78 is 24.4. The van der Waals surface area contributed by atoms with E-state index in [1.54, 1.807) is 38.1 Å². The zero-order valence-electron chi connectivity index (χ0n) is 16.1. The molecule has 1 fully saturated rings. The van der Waals surface area contributed by atoms with Crippen LogP contribution in [-0.2, 0) is 21.1 Å². The number of nitrogens with zero attached hydrogens (tertiary/aromatic N) is 2. The summed E-state index contributed by atoms with van der Waals surface area (Å²) in [6.45, 7) is 5.01. The molecular formula is C19H30N2O3S2. The molecule has 7 heteroatoms. The van der Waals surface area contributed by atoms with E-state index in [-0.39, 0.29) is 11.9 Å². The van der Waals surface area contributed by atoms with Crippen molar-refractivity contribution < 1.29 is 13.2 Å². The van der Waals surface area contributed by atoms with Gasteiger partial charge in [0, 0.05) is 18.8 Å². The molecule has 1 heterocycles. The first-order valence-electron chi connectivity index (χ1n) is 9.06. The molecule has 1 aliphatic rings. The van der Waals surface area contributed by atoms with E-state index in [9.17, 15) is 13.2 Å². The molecule has 0 spiro atoms. The van der Waals surface area contributed by atoms with Gasteiger partial charge in [-0.3, -0.25) is 4.79 Å². The number of sulfone groups is 1. The Bertz CT molecular complexity index is 700. The molecule has 1 atom stereocenters. The van der Waals surface area contributed by atoms with Crippen molar-refractivity contribution in [2.24, 2.45) is 0 Å². The van der Waals surface area contributed by atoms with E-state index < -0.39 is 15.1 Å². The lowest BCUT2D eigenvalue weighted by molar-refractivity contribution is -0.132. The van der Waals surface area contributed by atoms with Gasteiger partial charge in [-0.1, -0.05) is 12.1 Å². The van der Waals surface area contributed by atoms with Crippen LogP contribution in [0.5, 0.6) is 0 Å². The Hall–Kier alpha value is -1.05. The number of hydrogen-bond acceptors (Lipinski definition) is 5. The fourth-order valence-electron chi connectivity index (χ4n) is 3.08. The number of carbonyl (C=O) groups excluding carboxylic acids is 1. The van der Waals surface area contributed by atoms with Crippen molar-refractivity contribution in [2.75, 3.05) is 38.7 Å². The predicted molar refractivity (Wildman–Crippen MR) is 108 cm³/mol. The number of rotatable bonds is 6. The summed E-state index contributed by atoms with van der Waals surface area (Å²) in [5, 5.41) is -0.448. The Morgan fingerprint density at radius 1 is 1.27 bits per heavy atom. The van der Waals surface area contributed by atoms with E-state index in [4.69, 9.17) is 0 Å². The highest BCUT2D eigenvalue weighted by atomic mass is 32.2. The Labute approximate surface area is 162 Å². The van der Waals surface area contributed by atoms with Crippen molar-refractivity contribution in [1.29, 1.82) is 0 Å². The summed E-state index contributed by atoms with van der Waals surface area (Å²) in [6, 6.07) is 6.99. The second-order valence-electron chi connectivity index (χ2n) is 7.35. The van der Waals surface area contributed by atoms with E-state index in [2.05, 4.69) is 4.90 Å². The van der Waals surface area contributed by atoms with E-state index in [1.807, 2.05) is 30.8 Å². The maximum absolute atomic E-state index is 12.9. The maximum atomic E-state index is 12.9. The highest BCUT2D eigenvalue weighted by Gasteiger charge is 2.26. The summed E-state index contributed by atoms with van der Waals surface area (Å²) in [5.41, 5.74) is 0.859. The molecule has 146 valence electrons. The molecule has 1 amide bonds. The second kappa shape index (κ2) is 9.24. The van der Waals surface area contributed by atoms with Crippen molar-refractivity contribution in [3.8, 4) is 0 Å². The lowest BCUT2D eigenvalue weighted by Crippen LogP contribution is -2.47. The standard InChI is InChI=1S/C19H30N2O3S2/c1-15(2)26(23,24)18-8-6-16(7-9-18)12-19(22)21-10-5-11-25-14-17(21)13-20(3)4/h6-9,15,17H,5,10-14H2,1-4H3. The zero-order valence-corrected chi connectivity index (χ0v) is 17.8. The normalized spacial score (nSPS) is 19.0. The van der Waals surface area contributed by atoms with Gasteiger partial charge in [0.15, 0.2) is 9.84 Å². The number of likely N-dealkylation sites (N-methyl/N-ethyl adjacent to an activating group) is 1. The summed E-state index contributed by atoms with van der Waals surface area (Å²) in [7, 11) is 0.794. The van der Waals surface area contributed by atoms with Crippen LogP contribution in [0.25, 0.3) is 0 Å². The summed E-state index contributed by atoms with van der Waals surface area (Å²) in [5.74, 6) is 2.18. The van der Waals surface area contributed by atoms with Crippen LogP contribution in [0.3, 0.4) is 0 Å². The minimum absolute atomic E-state index is 0.124. The van der Waals surface area contributed by atoms with Crippen molar-refractivity contribution in [3.05, 3.63) is 29.8 Å². The number of hydrogen-bond donors (Lipinski definition) is 0. The molecule has 0 N–H and O–H groups in total.